The van der Waals surface area contributed by atoms with E-state index in [0.717, 1.165) is 0 Å². The molecule has 0 aliphatic heterocycles. The summed E-state index contributed by atoms with van der Waals surface area (Å²) in [5.41, 5.74) is 0. The molecule has 0 unspecified atom stereocenters. The van der Waals surface area contributed by atoms with Gasteiger partial charge >= 0.3 is 0 Å². The van der Waals surface area contributed by atoms with Crippen molar-refractivity contribution < 1.29 is 14.9 Å². The van der Waals surface area contributed by atoms with Crippen LogP contribution >= 0.6 is 0 Å². The zero-order chi connectivity index (χ0) is 8.10. The first-order chi connectivity index (χ1) is 5.34. The molecule has 11 heavy (non-hydrogen) atoms. The first kappa shape index (κ1) is 7.88. The molecule has 0 spiro atoms. The first-order valence-corrected chi connectivity index (χ1v) is 3.42. The fourth-order valence-electron chi connectivity index (χ4n) is 0.650. The Morgan fingerprint density at radius 3 is 2.73 bits per heavy atom. The molecule has 0 amide bonds. The van der Waals surface area contributed by atoms with E-state index in [4.69, 9.17) is 9.99 Å². The zero-order valence-electron chi connectivity index (χ0n) is 6.28. The van der Waals surface area contributed by atoms with Crippen LogP contribution in [-0.4, -0.2) is 11.7 Å². The minimum Gasteiger partial charge on any atom is -0.504 e. The van der Waals surface area contributed by atoms with E-state index in [1.54, 1.807) is 25.1 Å². The lowest BCUT2D eigenvalue weighted by Gasteiger charge is -2.03. The number of rotatable bonds is 3. The van der Waals surface area contributed by atoms with Crippen LogP contribution in [0.15, 0.2) is 24.3 Å². The molecular weight excluding hydrogens is 144 g/mol. The summed E-state index contributed by atoms with van der Waals surface area (Å²) < 4.78 is 0. The monoisotopic (exact) mass is 154 g/mol. The van der Waals surface area contributed by atoms with Gasteiger partial charge in [0.25, 0.3) is 0 Å². The van der Waals surface area contributed by atoms with Crippen LogP contribution in [0.4, 0.5) is 0 Å². The van der Waals surface area contributed by atoms with Gasteiger partial charge in [-0.25, -0.2) is 0 Å². The van der Waals surface area contributed by atoms with Gasteiger partial charge in [0.15, 0.2) is 5.75 Å². The predicted octanol–water partition coefficient (Wildman–Crippen LogP) is 1.72. The maximum atomic E-state index is 9.13. The second-order valence-electron chi connectivity index (χ2n) is 1.96. The number of para-hydroxylation sites is 2. The molecule has 1 aromatic carbocycles. The molecule has 0 radical (unpaired) electrons. The largest absolute Gasteiger partial charge is 0.504 e. The number of benzene rings is 1. The van der Waals surface area contributed by atoms with E-state index in [0.29, 0.717) is 12.4 Å². The molecule has 0 fully saturated rings. The van der Waals surface area contributed by atoms with Crippen LogP contribution in [-0.2, 0) is 4.89 Å². The molecule has 1 aromatic rings. The Morgan fingerprint density at radius 1 is 1.36 bits per heavy atom. The van der Waals surface area contributed by atoms with Gasteiger partial charge in [-0.1, -0.05) is 12.1 Å². The standard InChI is InChI=1S/C8H10O3/c1-2-10-11-8-6-4-3-5-7(8)9/h3-6,9H,2H2,1H3. The highest BCUT2D eigenvalue weighted by Gasteiger charge is 1.99. The average molecular weight is 154 g/mol. The number of hydrogen-bond donors (Lipinski definition) is 1. The van der Waals surface area contributed by atoms with Crippen molar-refractivity contribution in [3.63, 3.8) is 0 Å². The summed E-state index contributed by atoms with van der Waals surface area (Å²) in [5.74, 6) is 0.426. The average Bonchev–Trinajstić information content (AvgIpc) is 2.03. The molecule has 0 aliphatic rings. The fourth-order valence-corrected chi connectivity index (χ4v) is 0.650. The summed E-state index contributed by atoms with van der Waals surface area (Å²) in [6.45, 7) is 2.26. The van der Waals surface area contributed by atoms with Gasteiger partial charge in [-0.05, 0) is 19.1 Å². The van der Waals surface area contributed by atoms with Gasteiger partial charge in [0.2, 0.25) is 5.75 Å². The maximum Gasteiger partial charge on any atom is 0.206 e. The smallest absolute Gasteiger partial charge is 0.206 e. The van der Waals surface area contributed by atoms with Crippen LogP contribution in [0.2, 0.25) is 0 Å². The molecule has 0 aromatic heterocycles. The highest BCUT2D eigenvalue weighted by molar-refractivity contribution is 5.37. The van der Waals surface area contributed by atoms with Crippen molar-refractivity contribution in [3.8, 4) is 11.5 Å². The van der Waals surface area contributed by atoms with Crippen LogP contribution < -0.4 is 4.89 Å². The number of phenols is 1. The third-order valence-corrected chi connectivity index (χ3v) is 1.13. The van der Waals surface area contributed by atoms with Gasteiger partial charge in [-0.3, -0.25) is 0 Å². The van der Waals surface area contributed by atoms with Gasteiger partial charge in [-0.2, -0.15) is 4.89 Å². The summed E-state index contributed by atoms with van der Waals surface area (Å²) in [6.07, 6.45) is 0. The van der Waals surface area contributed by atoms with E-state index < -0.39 is 0 Å². The summed E-state index contributed by atoms with van der Waals surface area (Å²) >= 11 is 0. The van der Waals surface area contributed by atoms with Gasteiger partial charge in [-0.15, -0.1) is 0 Å². The van der Waals surface area contributed by atoms with Gasteiger partial charge in [0.05, 0.1) is 6.61 Å². The van der Waals surface area contributed by atoms with Crippen LogP contribution in [0.25, 0.3) is 0 Å². The summed E-state index contributed by atoms with van der Waals surface area (Å²) in [7, 11) is 0. The number of aromatic hydroxyl groups is 1. The fraction of sp³-hybridized carbons (Fsp3) is 0.250. The summed E-state index contributed by atoms with van der Waals surface area (Å²) in [5, 5.41) is 9.13. The van der Waals surface area contributed by atoms with Crippen molar-refractivity contribution in [1.29, 1.82) is 0 Å². The van der Waals surface area contributed by atoms with Gasteiger partial charge < -0.3 is 9.99 Å². The Labute approximate surface area is 65.1 Å². The van der Waals surface area contributed by atoms with Crippen molar-refractivity contribution in [1.82, 2.24) is 0 Å². The van der Waals surface area contributed by atoms with E-state index in [9.17, 15) is 0 Å². The third-order valence-electron chi connectivity index (χ3n) is 1.13. The quantitative estimate of drug-likeness (QED) is 0.532. The van der Waals surface area contributed by atoms with Gasteiger partial charge in [0.1, 0.15) is 0 Å². The Hall–Kier alpha value is -1.22. The Bertz CT molecular complexity index is 222. The zero-order valence-corrected chi connectivity index (χ0v) is 6.28. The van der Waals surface area contributed by atoms with Crippen molar-refractivity contribution in [2.45, 2.75) is 6.92 Å². The number of phenolic OH excluding ortho intramolecular Hbond substituents is 1. The topological polar surface area (TPSA) is 38.7 Å². The molecular formula is C8H10O3. The van der Waals surface area contributed by atoms with E-state index in [-0.39, 0.29) is 5.75 Å². The normalized spacial score (nSPS) is 9.55. The second-order valence-corrected chi connectivity index (χ2v) is 1.96. The molecule has 1 N–H and O–H groups in total. The Morgan fingerprint density at radius 2 is 2.09 bits per heavy atom. The van der Waals surface area contributed by atoms with Crippen molar-refractivity contribution >= 4 is 0 Å². The van der Waals surface area contributed by atoms with Crippen LogP contribution in [0.3, 0.4) is 0 Å². The SMILES string of the molecule is CCOOc1ccccc1O. The molecule has 0 saturated carbocycles. The molecule has 3 heteroatoms. The molecule has 0 aliphatic carbocycles. The first-order valence-electron chi connectivity index (χ1n) is 3.42. The van der Waals surface area contributed by atoms with Gasteiger partial charge in [0, 0.05) is 0 Å². The summed E-state index contributed by atoms with van der Waals surface area (Å²) in [6, 6.07) is 6.64. The highest BCUT2D eigenvalue weighted by atomic mass is 17.2. The molecule has 0 atom stereocenters. The Balaban J connectivity index is 2.62. The third kappa shape index (κ3) is 2.13. The molecule has 0 saturated heterocycles. The lowest BCUT2D eigenvalue weighted by Crippen LogP contribution is -1.95. The highest BCUT2D eigenvalue weighted by Crippen LogP contribution is 2.24. The minimum absolute atomic E-state index is 0.0842. The van der Waals surface area contributed by atoms with Crippen molar-refractivity contribution in [3.05, 3.63) is 24.3 Å². The van der Waals surface area contributed by atoms with E-state index >= 15 is 0 Å². The summed E-state index contributed by atoms with van der Waals surface area (Å²) in [4.78, 5) is 9.38. The molecule has 0 bridgehead atoms. The Kier molecular flexibility index (Phi) is 2.74. The lowest BCUT2D eigenvalue weighted by atomic mass is 10.3. The van der Waals surface area contributed by atoms with Crippen LogP contribution in [0.1, 0.15) is 6.92 Å². The predicted molar refractivity (Wildman–Crippen MR) is 40.4 cm³/mol. The van der Waals surface area contributed by atoms with Crippen molar-refractivity contribution in [2.75, 3.05) is 6.61 Å². The molecule has 0 heterocycles. The van der Waals surface area contributed by atoms with Crippen LogP contribution in [0.5, 0.6) is 11.5 Å². The van der Waals surface area contributed by atoms with Crippen LogP contribution in [0, 0.1) is 0 Å². The maximum absolute atomic E-state index is 9.13. The minimum atomic E-state index is 0.0842. The number of hydrogen-bond acceptors (Lipinski definition) is 3. The lowest BCUT2D eigenvalue weighted by molar-refractivity contribution is -0.203. The molecule has 60 valence electrons. The second kappa shape index (κ2) is 3.83. The molecule has 3 nitrogen and oxygen atoms in total. The van der Waals surface area contributed by atoms with Crippen molar-refractivity contribution in [2.24, 2.45) is 0 Å². The van der Waals surface area contributed by atoms with E-state index in [1.165, 1.54) is 6.07 Å². The van der Waals surface area contributed by atoms with E-state index in [1.807, 2.05) is 0 Å². The molecule has 1 rings (SSSR count). The van der Waals surface area contributed by atoms with E-state index in [2.05, 4.69) is 4.89 Å².